The number of carbonyl (C=O) groups excluding carboxylic acids is 2. The zero-order valence-electron chi connectivity index (χ0n) is 16.0. The molecule has 0 unspecified atom stereocenters. The molecule has 2 aliphatic rings. The number of para-hydroxylation sites is 1. The Bertz CT molecular complexity index is 945. The van der Waals surface area contributed by atoms with E-state index in [0.29, 0.717) is 5.02 Å². The molecule has 5 nitrogen and oxygen atoms in total. The lowest BCUT2D eigenvalue weighted by atomic mass is 9.62. The number of anilines is 1. The van der Waals surface area contributed by atoms with Gasteiger partial charge in [0.2, 0.25) is 5.91 Å². The minimum Gasteiger partial charge on any atom is -0.468 e. The molecule has 2 aromatic rings. The molecule has 4 atom stereocenters. The molecule has 2 aromatic carbocycles. The molecule has 0 bridgehead atoms. The molecule has 2 heterocycles. The van der Waals surface area contributed by atoms with E-state index >= 15 is 0 Å². The fourth-order valence-corrected chi connectivity index (χ4v) is 5.28. The van der Waals surface area contributed by atoms with Crippen LogP contribution in [0.2, 0.25) is 5.02 Å². The van der Waals surface area contributed by atoms with E-state index in [1.807, 2.05) is 56.3 Å². The predicted octanol–water partition coefficient (Wildman–Crippen LogP) is 3.69. The van der Waals surface area contributed by atoms with Gasteiger partial charge in [0.25, 0.3) is 0 Å². The summed E-state index contributed by atoms with van der Waals surface area (Å²) in [6.07, 6.45) is 0. The number of halogens is 1. The highest BCUT2D eigenvalue weighted by Crippen LogP contribution is 2.57. The Morgan fingerprint density at radius 3 is 2.61 bits per heavy atom. The third-order valence-corrected chi connectivity index (χ3v) is 6.27. The number of carbonyl (C=O) groups is 2. The molecule has 1 saturated heterocycles. The number of esters is 1. The number of fused-ring (bicyclic) bond motifs is 2. The highest BCUT2D eigenvalue weighted by molar-refractivity contribution is 6.30. The first-order valence-corrected chi connectivity index (χ1v) is 9.79. The molecule has 0 radical (unpaired) electrons. The maximum atomic E-state index is 13.6. The van der Waals surface area contributed by atoms with E-state index in [1.54, 1.807) is 6.07 Å². The lowest BCUT2D eigenvalue weighted by Crippen LogP contribution is -2.47. The number of hydrogen-bond donors (Lipinski definition) is 2. The van der Waals surface area contributed by atoms with Crippen molar-refractivity contribution in [1.82, 2.24) is 5.32 Å². The molecule has 0 saturated carbocycles. The van der Waals surface area contributed by atoms with Gasteiger partial charge in [-0.05, 0) is 35.2 Å². The molecular formula is C22H23ClN2O3. The Kier molecular flexibility index (Phi) is 4.68. The first-order chi connectivity index (χ1) is 13.4. The van der Waals surface area contributed by atoms with Crippen LogP contribution in [0.3, 0.4) is 0 Å². The zero-order chi connectivity index (χ0) is 20.1. The van der Waals surface area contributed by atoms with Crippen molar-refractivity contribution in [3.8, 4) is 0 Å². The third kappa shape index (κ3) is 2.57. The van der Waals surface area contributed by atoms with Gasteiger partial charge in [0.15, 0.2) is 0 Å². The third-order valence-electron chi connectivity index (χ3n) is 6.04. The first kappa shape index (κ1) is 19.0. The second-order valence-corrected chi connectivity index (χ2v) is 8.23. The van der Waals surface area contributed by atoms with E-state index < -0.39 is 17.5 Å². The van der Waals surface area contributed by atoms with Crippen LogP contribution in [0.15, 0.2) is 48.5 Å². The lowest BCUT2D eigenvalue weighted by Gasteiger charge is -2.37. The minimum absolute atomic E-state index is 0.0534. The van der Waals surface area contributed by atoms with Crippen molar-refractivity contribution in [3.05, 3.63) is 64.7 Å². The monoisotopic (exact) mass is 398 g/mol. The number of hydrogen-bond acceptors (Lipinski definition) is 4. The van der Waals surface area contributed by atoms with Gasteiger partial charge in [-0.1, -0.05) is 55.8 Å². The van der Waals surface area contributed by atoms with Gasteiger partial charge in [0.1, 0.15) is 11.5 Å². The van der Waals surface area contributed by atoms with E-state index in [1.165, 1.54) is 7.11 Å². The molecule has 1 fully saturated rings. The smallest absolute Gasteiger partial charge is 0.323 e. The molecule has 4 rings (SSSR count). The van der Waals surface area contributed by atoms with Crippen LogP contribution >= 0.6 is 11.6 Å². The van der Waals surface area contributed by atoms with E-state index in [-0.39, 0.29) is 23.7 Å². The first-order valence-electron chi connectivity index (χ1n) is 9.41. The van der Waals surface area contributed by atoms with Crippen molar-refractivity contribution >= 4 is 29.2 Å². The average Bonchev–Trinajstić information content (AvgIpc) is 3.18. The summed E-state index contributed by atoms with van der Waals surface area (Å²) in [5.41, 5.74) is 1.63. The zero-order valence-corrected chi connectivity index (χ0v) is 16.8. The highest BCUT2D eigenvalue weighted by atomic mass is 35.5. The Morgan fingerprint density at radius 1 is 1.18 bits per heavy atom. The normalized spacial score (nSPS) is 28.5. The fourth-order valence-electron chi connectivity index (χ4n) is 5.09. The molecule has 2 N–H and O–H groups in total. The van der Waals surface area contributed by atoms with Gasteiger partial charge in [-0.25, -0.2) is 0 Å². The molecule has 0 aromatic heterocycles. The largest absolute Gasteiger partial charge is 0.468 e. The van der Waals surface area contributed by atoms with Gasteiger partial charge in [0.05, 0.1) is 13.2 Å². The van der Waals surface area contributed by atoms with Gasteiger partial charge < -0.3 is 10.1 Å². The van der Waals surface area contributed by atoms with Crippen LogP contribution in [0.4, 0.5) is 5.69 Å². The number of ether oxygens (including phenoxy) is 1. The molecule has 0 aliphatic carbocycles. The number of nitrogens with one attached hydrogen (secondary N) is 2. The van der Waals surface area contributed by atoms with Crippen LogP contribution < -0.4 is 10.6 Å². The van der Waals surface area contributed by atoms with Gasteiger partial charge in [0, 0.05) is 16.6 Å². The molecule has 2 aliphatic heterocycles. The van der Waals surface area contributed by atoms with Crippen molar-refractivity contribution in [2.75, 3.05) is 12.4 Å². The summed E-state index contributed by atoms with van der Waals surface area (Å²) in [4.78, 5) is 26.2. The minimum atomic E-state index is -0.936. The van der Waals surface area contributed by atoms with Gasteiger partial charge in [-0.15, -0.1) is 0 Å². The quantitative estimate of drug-likeness (QED) is 0.774. The molecule has 1 spiro atoms. The molecule has 28 heavy (non-hydrogen) atoms. The summed E-state index contributed by atoms with van der Waals surface area (Å²) in [6.45, 7) is 4.08. The second kappa shape index (κ2) is 6.90. The summed E-state index contributed by atoms with van der Waals surface area (Å²) in [6, 6.07) is 14.1. The highest BCUT2D eigenvalue weighted by Gasteiger charge is 2.66. The average molecular weight is 399 g/mol. The summed E-state index contributed by atoms with van der Waals surface area (Å²) < 4.78 is 5.09. The van der Waals surface area contributed by atoms with Crippen molar-refractivity contribution in [3.63, 3.8) is 0 Å². The van der Waals surface area contributed by atoms with Gasteiger partial charge in [-0.2, -0.15) is 0 Å². The maximum Gasteiger partial charge on any atom is 0.323 e. The van der Waals surface area contributed by atoms with Gasteiger partial charge >= 0.3 is 5.97 Å². The summed E-state index contributed by atoms with van der Waals surface area (Å²) in [5.74, 6) is -0.693. The number of benzene rings is 2. The number of methoxy groups -OCH3 is 1. The Hall–Kier alpha value is -2.37. The Balaban J connectivity index is 1.99. The van der Waals surface area contributed by atoms with Crippen LogP contribution in [-0.4, -0.2) is 25.0 Å². The van der Waals surface area contributed by atoms with Crippen LogP contribution in [0.1, 0.15) is 31.0 Å². The van der Waals surface area contributed by atoms with Crippen LogP contribution in [0.25, 0.3) is 0 Å². The lowest BCUT2D eigenvalue weighted by molar-refractivity contribution is -0.144. The molecule has 1 amide bonds. The summed E-state index contributed by atoms with van der Waals surface area (Å²) >= 11 is 6.26. The SMILES string of the molecule is COC(=O)[C@@H]1N[C@H](c2cccc(Cl)c2)[C@]2(C(=O)Nc3ccccc32)[C@H]1C(C)C. The van der Waals surface area contributed by atoms with Crippen molar-refractivity contribution in [1.29, 1.82) is 0 Å². The van der Waals surface area contributed by atoms with Crippen LogP contribution in [0.5, 0.6) is 0 Å². The van der Waals surface area contributed by atoms with E-state index in [2.05, 4.69) is 10.6 Å². The maximum absolute atomic E-state index is 13.6. The molecule has 146 valence electrons. The molecular weight excluding hydrogens is 376 g/mol. The predicted molar refractivity (Wildman–Crippen MR) is 108 cm³/mol. The van der Waals surface area contributed by atoms with Crippen molar-refractivity contribution in [2.24, 2.45) is 11.8 Å². The second-order valence-electron chi connectivity index (χ2n) is 7.79. The van der Waals surface area contributed by atoms with Crippen LogP contribution in [-0.2, 0) is 19.7 Å². The number of rotatable bonds is 3. The van der Waals surface area contributed by atoms with Gasteiger partial charge in [-0.3, -0.25) is 14.9 Å². The number of amides is 1. The topological polar surface area (TPSA) is 67.4 Å². The molecule has 6 heteroatoms. The Morgan fingerprint density at radius 2 is 1.93 bits per heavy atom. The van der Waals surface area contributed by atoms with Crippen molar-refractivity contribution in [2.45, 2.75) is 31.3 Å². The van der Waals surface area contributed by atoms with E-state index in [9.17, 15) is 9.59 Å². The standard InChI is InChI=1S/C22H23ClN2O3/c1-12(2)17-18(20(26)28-3)25-19(13-7-6-8-14(23)11-13)22(17)15-9-4-5-10-16(15)24-21(22)27/h4-12,17-19,25H,1-3H3,(H,24,27)/t17-,18+,19+,22+/m0/s1. The van der Waals surface area contributed by atoms with E-state index in [4.69, 9.17) is 16.3 Å². The van der Waals surface area contributed by atoms with E-state index in [0.717, 1.165) is 16.8 Å². The van der Waals surface area contributed by atoms with Crippen LogP contribution in [0, 0.1) is 11.8 Å². The Labute approximate surface area is 169 Å². The summed E-state index contributed by atoms with van der Waals surface area (Å²) in [7, 11) is 1.38. The summed E-state index contributed by atoms with van der Waals surface area (Å²) in [5, 5.41) is 7.06. The van der Waals surface area contributed by atoms with Crippen molar-refractivity contribution < 1.29 is 14.3 Å². The fraction of sp³-hybridized carbons (Fsp3) is 0.364.